The average molecular weight is 321 g/mol. The smallest absolute Gasteiger partial charge is 0.271 e. The number of hydrogen-bond donors (Lipinski definition) is 1. The molecule has 0 atom stereocenters. The predicted molar refractivity (Wildman–Crippen MR) is 85.2 cm³/mol. The fourth-order valence-electron chi connectivity index (χ4n) is 2.10. The van der Waals surface area contributed by atoms with Crippen molar-refractivity contribution in [3.05, 3.63) is 41.5 Å². The zero-order valence-corrected chi connectivity index (χ0v) is 13.3. The van der Waals surface area contributed by atoms with Gasteiger partial charge in [0.2, 0.25) is 0 Å². The first-order valence-corrected chi connectivity index (χ1v) is 8.82. The summed E-state index contributed by atoms with van der Waals surface area (Å²) in [5.74, 6) is 0. The maximum Gasteiger partial charge on any atom is 0.271 e. The molecule has 2 heterocycles. The number of rotatable bonds is 4. The SMILES string of the molecule is CCc1ccc(S(=O)(=O)Nc2ccc3c(c2)ncn3C)s1. The maximum absolute atomic E-state index is 12.3. The first-order chi connectivity index (χ1) is 9.99. The molecule has 7 heteroatoms. The summed E-state index contributed by atoms with van der Waals surface area (Å²) in [4.78, 5) is 5.28. The Hall–Kier alpha value is -1.86. The Balaban J connectivity index is 1.92. The van der Waals surface area contributed by atoms with Crippen LogP contribution in [0, 0.1) is 0 Å². The zero-order valence-electron chi connectivity index (χ0n) is 11.7. The van der Waals surface area contributed by atoms with E-state index in [9.17, 15) is 8.42 Å². The van der Waals surface area contributed by atoms with E-state index >= 15 is 0 Å². The quantitative estimate of drug-likeness (QED) is 0.803. The van der Waals surface area contributed by atoms with Crippen molar-refractivity contribution in [2.24, 2.45) is 7.05 Å². The molecule has 0 saturated heterocycles. The van der Waals surface area contributed by atoms with Gasteiger partial charge in [0.15, 0.2) is 0 Å². The molecule has 0 aliphatic heterocycles. The highest BCUT2D eigenvalue weighted by atomic mass is 32.2. The highest BCUT2D eigenvalue weighted by Gasteiger charge is 2.17. The van der Waals surface area contributed by atoms with Crippen LogP contribution in [0.15, 0.2) is 40.9 Å². The van der Waals surface area contributed by atoms with Crippen LogP contribution in [0.2, 0.25) is 0 Å². The number of aromatic nitrogens is 2. The van der Waals surface area contributed by atoms with Crippen LogP contribution in [0.4, 0.5) is 5.69 Å². The highest BCUT2D eigenvalue weighted by molar-refractivity contribution is 7.94. The van der Waals surface area contributed by atoms with Crippen LogP contribution in [-0.2, 0) is 23.5 Å². The van der Waals surface area contributed by atoms with E-state index in [4.69, 9.17) is 0 Å². The van der Waals surface area contributed by atoms with Crippen LogP contribution < -0.4 is 4.72 Å². The summed E-state index contributed by atoms with van der Waals surface area (Å²) in [5, 5.41) is 0. The largest absolute Gasteiger partial charge is 0.334 e. The minimum atomic E-state index is -3.53. The number of sulfonamides is 1. The Morgan fingerprint density at radius 3 is 2.81 bits per heavy atom. The number of thiophene rings is 1. The number of nitrogens with one attached hydrogen (secondary N) is 1. The summed E-state index contributed by atoms with van der Waals surface area (Å²) < 4.78 is 29.5. The van der Waals surface area contributed by atoms with Gasteiger partial charge < -0.3 is 4.57 Å². The molecule has 110 valence electrons. The van der Waals surface area contributed by atoms with Gasteiger partial charge in [-0.05, 0) is 36.8 Å². The average Bonchev–Trinajstić information content (AvgIpc) is 3.06. The Morgan fingerprint density at radius 1 is 1.29 bits per heavy atom. The molecule has 1 N–H and O–H groups in total. The normalized spacial score (nSPS) is 11.9. The van der Waals surface area contributed by atoms with Crippen molar-refractivity contribution in [1.29, 1.82) is 0 Å². The van der Waals surface area contributed by atoms with Gasteiger partial charge in [-0.15, -0.1) is 11.3 Å². The molecule has 0 aliphatic rings. The Labute approximate surface area is 127 Å². The van der Waals surface area contributed by atoms with Crippen LogP contribution in [0.3, 0.4) is 0 Å². The van der Waals surface area contributed by atoms with Gasteiger partial charge in [-0.3, -0.25) is 4.72 Å². The minimum absolute atomic E-state index is 0.334. The number of aryl methyl sites for hydroxylation is 2. The molecule has 0 amide bonds. The minimum Gasteiger partial charge on any atom is -0.334 e. The second-order valence-electron chi connectivity index (χ2n) is 4.74. The Bertz CT molecular complexity index is 894. The number of nitrogens with zero attached hydrogens (tertiary/aromatic N) is 2. The molecular weight excluding hydrogens is 306 g/mol. The van der Waals surface area contributed by atoms with Crippen molar-refractivity contribution in [3.8, 4) is 0 Å². The molecule has 21 heavy (non-hydrogen) atoms. The fraction of sp³-hybridized carbons (Fsp3) is 0.214. The third-order valence-corrected chi connectivity index (χ3v) is 6.33. The Kier molecular flexibility index (Phi) is 3.46. The van der Waals surface area contributed by atoms with Crippen LogP contribution in [0.25, 0.3) is 11.0 Å². The second kappa shape index (κ2) is 5.16. The van der Waals surface area contributed by atoms with Crippen LogP contribution >= 0.6 is 11.3 Å². The van der Waals surface area contributed by atoms with Gasteiger partial charge in [0.1, 0.15) is 4.21 Å². The lowest BCUT2D eigenvalue weighted by atomic mass is 10.3. The van der Waals surface area contributed by atoms with E-state index in [1.807, 2.05) is 30.7 Å². The molecule has 2 aromatic heterocycles. The van der Waals surface area contributed by atoms with Crippen molar-refractivity contribution in [2.75, 3.05) is 4.72 Å². The molecule has 3 aromatic rings. The first-order valence-electron chi connectivity index (χ1n) is 6.52. The molecule has 0 bridgehead atoms. The standard InChI is InChI=1S/C14H15N3O2S2/c1-3-11-5-7-14(20-11)21(18,19)16-10-4-6-13-12(8-10)15-9-17(13)2/h4-9,16H,3H2,1-2H3. The van der Waals surface area contributed by atoms with Crippen molar-refractivity contribution in [2.45, 2.75) is 17.6 Å². The van der Waals surface area contributed by atoms with Crippen LogP contribution in [0.5, 0.6) is 0 Å². The van der Waals surface area contributed by atoms with Crippen molar-refractivity contribution < 1.29 is 8.42 Å². The summed E-state index contributed by atoms with van der Waals surface area (Å²) >= 11 is 1.30. The Morgan fingerprint density at radius 2 is 2.10 bits per heavy atom. The van der Waals surface area contributed by atoms with Crippen molar-refractivity contribution >= 4 is 38.1 Å². The zero-order chi connectivity index (χ0) is 15.0. The molecular formula is C14H15N3O2S2. The molecule has 1 aromatic carbocycles. The third kappa shape index (κ3) is 2.66. The lowest BCUT2D eigenvalue weighted by Crippen LogP contribution is -2.11. The fourth-order valence-corrected chi connectivity index (χ4v) is 4.44. The second-order valence-corrected chi connectivity index (χ2v) is 7.82. The predicted octanol–water partition coefficient (Wildman–Crippen LogP) is 3.00. The first kappa shape index (κ1) is 14.1. The van der Waals surface area contributed by atoms with E-state index in [1.165, 1.54) is 11.3 Å². The topological polar surface area (TPSA) is 64.0 Å². The molecule has 3 rings (SSSR count). The number of anilines is 1. The molecule has 0 unspecified atom stereocenters. The van der Waals surface area contributed by atoms with Gasteiger partial charge in [0.05, 0.1) is 23.0 Å². The molecule has 0 spiro atoms. The summed E-state index contributed by atoms with van der Waals surface area (Å²) in [7, 11) is -1.63. The van der Waals surface area contributed by atoms with Crippen LogP contribution in [0.1, 0.15) is 11.8 Å². The summed E-state index contributed by atoms with van der Waals surface area (Å²) in [6, 6.07) is 8.83. The van der Waals surface area contributed by atoms with E-state index in [-0.39, 0.29) is 0 Å². The van der Waals surface area contributed by atoms with Gasteiger partial charge in [-0.1, -0.05) is 6.92 Å². The number of imidazole rings is 1. The molecule has 0 radical (unpaired) electrons. The monoisotopic (exact) mass is 321 g/mol. The lowest BCUT2D eigenvalue weighted by molar-refractivity contribution is 0.603. The lowest BCUT2D eigenvalue weighted by Gasteiger charge is -2.06. The molecule has 0 aliphatic carbocycles. The number of benzene rings is 1. The van der Waals surface area contributed by atoms with Gasteiger partial charge in [0.25, 0.3) is 10.0 Å². The maximum atomic E-state index is 12.3. The molecule has 0 saturated carbocycles. The van der Waals surface area contributed by atoms with E-state index in [1.54, 1.807) is 24.5 Å². The van der Waals surface area contributed by atoms with Crippen molar-refractivity contribution in [1.82, 2.24) is 9.55 Å². The van der Waals surface area contributed by atoms with E-state index < -0.39 is 10.0 Å². The number of fused-ring (bicyclic) bond motifs is 1. The van der Waals surface area contributed by atoms with Crippen molar-refractivity contribution in [3.63, 3.8) is 0 Å². The van der Waals surface area contributed by atoms with Gasteiger partial charge >= 0.3 is 0 Å². The van der Waals surface area contributed by atoms with Gasteiger partial charge in [-0.2, -0.15) is 0 Å². The number of hydrogen-bond acceptors (Lipinski definition) is 4. The summed E-state index contributed by atoms with van der Waals surface area (Å²) in [6.45, 7) is 2.00. The van der Waals surface area contributed by atoms with E-state index in [0.717, 1.165) is 22.3 Å². The summed E-state index contributed by atoms with van der Waals surface area (Å²) in [6.07, 6.45) is 2.54. The van der Waals surface area contributed by atoms with Gasteiger partial charge in [0, 0.05) is 11.9 Å². The van der Waals surface area contributed by atoms with Crippen LogP contribution in [-0.4, -0.2) is 18.0 Å². The highest BCUT2D eigenvalue weighted by Crippen LogP contribution is 2.25. The van der Waals surface area contributed by atoms with E-state index in [2.05, 4.69) is 9.71 Å². The molecule has 5 nitrogen and oxygen atoms in total. The van der Waals surface area contributed by atoms with Gasteiger partial charge in [-0.25, -0.2) is 13.4 Å². The molecule has 0 fully saturated rings. The summed E-state index contributed by atoms with van der Waals surface area (Å²) in [5.41, 5.74) is 2.24. The van der Waals surface area contributed by atoms with E-state index in [0.29, 0.717) is 9.90 Å². The third-order valence-electron chi connectivity index (χ3n) is 3.23.